The zero-order chi connectivity index (χ0) is 15.5. The normalized spacial score (nSPS) is 12.6. The van der Waals surface area contributed by atoms with E-state index in [1.165, 1.54) is 11.8 Å². The van der Waals surface area contributed by atoms with Crippen LogP contribution in [0, 0.1) is 0 Å². The number of benzene rings is 1. The number of carbonyl (C=O) groups excluding carboxylic acids is 1. The van der Waals surface area contributed by atoms with Gasteiger partial charge in [-0.2, -0.15) is 0 Å². The van der Waals surface area contributed by atoms with E-state index in [2.05, 4.69) is 20.2 Å². The second kappa shape index (κ2) is 6.31. The summed E-state index contributed by atoms with van der Waals surface area (Å²) in [5, 5.41) is 9.53. The van der Waals surface area contributed by atoms with E-state index in [-0.39, 0.29) is 11.2 Å². The molecule has 1 atom stereocenters. The van der Waals surface area contributed by atoms with Crippen molar-refractivity contribution in [3.8, 4) is 0 Å². The molecule has 3 aromatic rings. The van der Waals surface area contributed by atoms with Crippen molar-refractivity contribution in [1.82, 2.24) is 20.2 Å². The van der Waals surface area contributed by atoms with Crippen molar-refractivity contribution >= 4 is 39.8 Å². The van der Waals surface area contributed by atoms with Crippen molar-refractivity contribution in [2.75, 3.05) is 6.61 Å². The van der Waals surface area contributed by atoms with Crippen LogP contribution in [0.2, 0.25) is 0 Å². The summed E-state index contributed by atoms with van der Waals surface area (Å²) in [5.41, 5.74) is 2.39. The molecule has 1 N–H and O–H groups in total. The highest BCUT2D eigenvalue weighted by Crippen LogP contribution is 2.26. The number of hydrogen-bond acceptors (Lipinski definition) is 6. The Morgan fingerprint density at radius 1 is 1.32 bits per heavy atom. The van der Waals surface area contributed by atoms with E-state index in [0.717, 1.165) is 16.4 Å². The lowest BCUT2D eigenvalue weighted by Gasteiger charge is -2.11. The van der Waals surface area contributed by atoms with Crippen molar-refractivity contribution in [2.45, 2.75) is 30.7 Å². The minimum absolute atomic E-state index is 0.240. The first-order valence-electron chi connectivity index (χ1n) is 7.17. The summed E-state index contributed by atoms with van der Waals surface area (Å²) in [5.74, 6) is -0.240. The van der Waals surface area contributed by atoms with Gasteiger partial charge in [0.2, 0.25) is 5.16 Å². The van der Waals surface area contributed by atoms with E-state index < -0.39 is 0 Å². The van der Waals surface area contributed by atoms with Gasteiger partial charge in [0.25, 0.3) is 0 Å². The first kappa shape index (κ1) is 14.8. The zero-order valence-electron chi connectivity index (χ0n) is 12.4. The Bertz CT molecular complexity index is 818. The van der Waals surface area contributed by atoms with E-state index in [9.17, 15) is 4.79 Å². The predicted octanol–water partition coefficient (Wildman–Crippen LogP) is 2.94. The van der Waals surface area contributed by atoms with Crippen molar-refractivity contribution in [3.63, 3.8) is 0 Å². The molecule has 22 heavy (non-hydrogen) atoms. The molecule has 0 fully saturated rings. The van der Waals surface area contributed by atoms with Crippen LogP contribution in [-0.2, 0) is 9.53 Å². The molecule has 0 radical (unpaired) electrons. The quantitative estimate of drug-likeness (QED) is 0.576. The lowest BCUT2D eigenvalue weighted by atomic mass is 10.2. The van der Waals surface area contributed by atoms with Gasteiger partial charge in [-0.1, -0.05) is 36.9 Å². The third-order valence-corrected chi connectivity index (χ3v) is 4.46. The highest BCUT2D eigenvalue weighted by Gasteiger charge is 2.21. The molecule has 0 bridgehead atoms. The van der Waals surface area contributed by atoms with Crippen molar-refractivity contribution in [2.24, 2.45) is 0 Å². The zero-order valence-corrected chi connectivity index (χ0v) is 13.2. The van der Waals surface area contributed by atoms with Crippen LogP contribution in [0.25, 0.3) is 22.1 Å². The molecule has 1 aromatic carbocycles. The molecular weight excluding hydrogens is 300 g/mol. The maximum atomic E-state index is 11.9. The van der Waals surface area contributed by atoms with Gasteiger partial charge in [-0.05, 0) is 19.4 Å². The van der Waals surface area contributed by atoms with Gasteiger partial charge in [0.1, 0.15) is 10.8 Å². The number of H-pyrrole nitrogens is 1. The monoisotopic (exact) mass is 316 g/mol. The van der Waals surface area contributed by atoms with Crippen LogP contribution in [0.5, 0.6) is 0 Å². The highest BCUT2D eigenvalue weighted by molar-refractivity contribution is 8.00. The molecule has 0 aliphatic heterocycles. The Morgan fingerprint density at radius 2 is 2.14 bits per heavy atom. The molecule has 3 rings (SSSR count). The van der Waals surface area contributed by atoms with E-state index >= 15 is 0 Å². The Morgan fingerprint density at radius 3 is 2.91 bits per heavy atom. The van der Waals surface area contributed by atoms with Crippen molar-refractivity contribution < 1.29 is 9.53 Å². The molecule has 6 nitrogen and oxygen atoms in total. The smallest absolute Gasteiger partial charge is 0.319 e. The number of carbonyl (C=O) groups is 1. The van der Waals surface area contributed by atoms with Crippen LogP contribution < -0.4 is 0 Å². The third-order valence-electron chi connectivity index (χ3n) is 3.27. The number of fused-ring (bicyclic) bond motifs is 3. The predicted molar refractivity (Wildman–Crippen MR) is 85.8 cm³/mol. The molecule has 0 amide bonds. The standard InChI is InChI=1S/C15H16N4O2S/c1-3-11(14(20)21-4-2)22-15-17-13-12(18-19-15)9-7-5-6-8-10(9)16-13/h5-8,11H,3-4H2,1-2H3,(H,16,17,19)/t11-/m1/s1. The molecule has 0 unspecified atom stereocenters. The number of hydrogen-bond donors (Lipinski definition) is 1. The Hall–Kier alpha value is -2.15. The lowest BCUT2D eigenvalue weighted by molar-refractivity contribution is -0.142. The highest BCUT2D eigenvalue weighted by atomic mass is 32.2. The van der Waals surface area contributed by atoms with Gasteiger partial charge in [-0.3, -0.25) is 4.79 Å². The summed E-state index contributed by atoms with van der Waals surface area (Å²) < 4.78 is 5.06. The van der Waals surface area contributed by atoms with Crippen molar-refractivity contribution in [1.29, 1.82) is 0 Å². The largest absolute Gasteiger partial charge is 0.465 e. The third kappa shape index (κ3) is 2.76. The average Bonchev–Trinajstić information content (AvgIpc) is 2.90. The van der Waals surface area contributed by atoms with E-state index in [1.807, 2.05) is 31.2 Å². The number of nitrogens with zero attached hydrogens (tertiary/aromatic N) is 3. The summed E-state index contributed by atoms with van der Waals surface area (Å²) in [4.78, 5) is 19.5. The van der Waals surface area contributed by atoms with Crippen LogP contribution in [0.1, 0.15) is 20.3 Å². The van der Waals surface area contributed by atoms with E-state index in [1.54, 1.807) is 6.92 Å². The molecule has 2 heterocycles. The molecule has 2 aromatic heterocycles. The summed E-state index contributed by atoms with van der Waals surface area (Å²) >= 11 is 1.28. The van der Waals surface area contributed by atoms with Gasteiger partial charge in [0.15, 0.2) is 5.65 Å². The van der Waals surface area contributed by atoms with Gasteiger partial charge in [-0.15, -0.1) is 10.2 Å². The molecule has 7 heteroatoms. The van der Waals surface area contributed by atoms with Crippen LogP contribution in [0.4, 0.5) is 0 Å². The number of nitrogens with one attached hydrogen (secondary N) is 1. The average molecular weight is 316 g/mol. The fourth-order valence-corrected chi connectivity index (χ4v) is 3.03. The lowest BCUT2D eigenvalue weighted by Crippen LogP contribution is -2.19. The number of rotatable bonds is 5. The maximum absolute atomic E-state index is 11.9. The summed E-state index contributed by atoms with van der Waals surface area (Å²) in [7, 11) is 0. The van der Waals surface area contributed by atoms with Gasteiger partial charge < -0.3 is 9.72 Å². The van der Waals surface area contributed by atoms with Crippen LogP contribution in [0.15, 0.2) is 29.4 Å². The fourth-order valence-electron chi connectivity index (χ4n) is 2.22. The minimum atomic E-state index is -0.316. The second-order valence-electron chi connectivity index (χ2n) is 4.73. The van der Waals surface area contributed by atoms with Gasteiger partial charge in [0, 0.05) is 10.9 Å². The first-order valence-corrected chi connectivity index (χ1v) is 8.05. The number of thioether (sulfide) groups is 1. The topological polar surface area (TPSA) is 80.8 Å². The van der Waals surface area contributed by atoms with Crippen molar-refractivity contribution in [3.05, 3.63) is 24.3 Å². The van der Waals surface area contributed by atoms with Crippen LogP contribution >= 0.6 is 11.8 Å². The Labute approximate surface area is 131 Å². The number of ether oxygens (including phenoxy) is 1. The first-order chi connectivity index (χ1) is 10.7. The fraction of sp³-hybridized carbons (Fsp3) is 0.333. The number of para-hydroxylation sites is 1. The minimum Gasteiger partial charge on any atom is -0.465 e. The number of aromatic nitrogens is 4. The van der Waals surface area contributed by atoms with Crippen LogP contribution in [-0.4, -0.2) is 38.0 Å². The summed E-state index contributed by atoms with van der Waals surface area (Å²) in [6, 6.07) is 7.85. The van der Waals surface area contributed by atoms with E-state index in [4.69, 9.17) is 4.74 Å². The molecular formula is C15H16N4O2S. The Balaban J connectivity index is 1.91. The Kier molecular flexibility index (Phi) is 4.24. The maximum Gasteiger partial charge on any atom is 0.319 e. The summed E-state index contributed by atoms with van der Waals surface area (Å²) in [6.45, 7) is 4.10. The van der Waals surface area contributed by atoms with Crippen LogP contribution in [0.3, 0.4) is 0 Å². The molecule has 0 saturated carbocycles. The van der Waals surface area contributed by atoms with Gasteiger partial charge >= 0.3 is 5.97 Å². The molecule has 114 valence electrons. The second-order valence-corrected chi connectivity index (χ2v) is 5.90. The summed E-state index contributed by atoms with van der Waals surface area (Å²) in [6.07, 6.45) is 0.650. The molecule has 0 aliphatic carbocycles. The van der Waals surface area contributed by atoms with Gasteiger partial charge in [-0.25, -0.2) is 4.98 Å². The van der Waals surface area contributed by atoms with Gasteiger partial charge in [0.05, 0.1) is 6.61 Å². The molecule has 0 aliphatic rings. The van der Waals surface area contributed by atoms with E-state index in [0.29, 0.717) is 23.8 Å². The molecule has 0 spiro atoms. The SMILES string of the molecule is CCOC(=O)[C@@H](CC)Sc1nnc2c(n1)[nH]c1ccccc12. The number of aromatic amines is 1. The number of esters is 1. The molecule has 0 saturated heterocycles.